The van der Waals surface area contributed by atoms with Gasteiger partial charge in [0.1, 0.15) is 17.3 Å². The van der Waals surface area contributed by atoms with E-state index in [2.05, 4.69) is 29.7 Å². The van der Waals surface area contributed by atoms with Gasteiger partial charge in [-0.25, -0.2) is 0 Å². The number of carbonyl (C=O) groups is 3. The van der Waals surface area contributed by atoms with Crippen molar-refractivity contribution < 1.29 is 70.3 Å². The number of hydrogen-bond donors (Lipinski definition) is 3. The highest BCUT2D eigenvalue weighted by Crippen LogP contribution is 2.29. The van der Waals surface area contributed by atoms with Gasteiger partial charge >= 0.3 is 31.3 Å². The van der Waals surface area contributed by atoms with Crippen molar-refractivity contribution in [1.29, 1.82) is 0 Å². The predicted molar refractivity (Wildman–Crippen MR) is 193 cm³/mol. The number of primary amides is 1. The Kier molecular flexibility index (Phi) is 17.1. The van der Waals surface area contributed by atoms with Crippen LogP contribution in [0.3, 0.4) is 0 Å². The van der Waals surface area contributed by atoms with E-state index in [9.17, 15) is 57.6 Å². The molecule has 2 aromatic carbocycles. The third kappa shape index (κ3) is 15.1. The molecule has 14 nitrogen and oxygen atoms in total. The summed E-state index contributed by atoms with van der Waals surface area (Å²) in [6.45, 7) is 7.18. The number of benzene rings is 2. The number of nitrogens with two attached hydrogens (primary N) is 1. The molecule has 312 valence electrons. The zero-order valence-electron chi connectivity index (χ0n) is 30.5. The van der Waals surface area contributed by atoms with Crippen LogP contribution < -0.4 is 24.7 Å². The highest BCUT2D eigenvalue weighted by atomic mass is 32.2. The SMILES string of the molecule is CC(C(=O)Nc1ccncc1)c1ccc(OS(=O)(=O)C(F)(F)F)cc1.CC(CNC(=O)C(C)c1ccc(OS(=O)(=O)C(F)(F)F)cc1)c1ccco1.CCC(N)=O. The monoisotopic (exact) mass is 852 g/mol. The van der Waals surface area contributed by atoms with Gasteiger partial charge < -0.3 is 29.2 Å². The number of hydrogen-bond acceptors (Lipinski definition) is 11. The van der Waals surface area contributed by atoms with E-state index >= 15 is 0 Å². The fourth-order valence-electron chi connectivity index (χ4n) is 4.04. The number of nitrogens with one attached hydrogen (secondary N) is 2. The standard InChI is InChI=1S/C17H18F3NO5S.C15H13F3N2O4S.C3H7NO/c1-11(15-4-3-9-25-15)10-21-16(22)12(2)13-5-7-14(8-6-13)26-27(23,24)17(18,19)20;1-10(14(21)20-12-6-8-19-9-7-12)11-2-4-13(5-3-11)24-25(22,23)15(16,17)18;1-2-3(4)5/h3-9,11-12H,10H2,1-2H3,(H,21,22);2-10H,1H3,(H,19,20,21);2H2,1H3,(H2,4,5). The Bertz CT molecular complexity index is 2120. The molecule has 0 aliphatic heterocycles. The number of alkyl halides is 6. The van der Waals surface area contributed by atoms with Crippen molar-refractivity contribution in [3.63, 3.8) is 0 Å². The number of pyridine rings is 1. The zero-order valence-corrected chi connectivity index (χ0v) is 32.1. The van der Waals surface area contributed by atoms with E-state index in [1.165, 1.54) is 36.7 Å². The second-order valence-corrected chi connectivity index (χ2v) is 14.8. The summed E-state index contributed by atoms with van der Waals surface area (Å²) in [5.41, 5.74) is -4.85. The van der Waals surface area contributed by atoms with Crippen LogP contribution in [0.4, 0.5) is 32.0 Å². The molecule has 0 saturated heterocycles. The molecule has 3 unspecified atom stereocenters. The summed E-state index contributed by atoms with van der Waals surface area (Å²) in [4.78, 5) is 37.8. The average Bonchev–Trinajstić information content (AvgIpc) is 3.69. The molecule has 0 aliphatic carbocycles. The minimum absolute atomic E-state index is 0.0282. The Labute approximate surface area is 324 Å². The number of nitrogens with zero attached hydrogens (tertiary/aromatic N) is 1. The fraction of sp³-hybridized carbons (Fsp3) is 0.314. The zero-order chi connectivity index (χ0) is 43.2. The molecule has 4 aromatic rings. The summed E-state index contributed by atoms with van der Waals surface area (Å²) in [7, 11) is -11.5. The summed E-state index contributed by atoms with van der Waals surface area (Å²) in [5, 5.41) is 5.42. The van der Waals surface area contributed by atoms with Gasteiger partial charge in [-0.15, -0.1) is 0 Å². The van der Waals surface area contributed by atoms with Crippen LogP contribution in [0.15, 0.2) is 95.9 Å². The van der Waals surface area contributed by atoms with Gasteiger partial charge in [0.2, 0.25) is 17.7 Å². The topological polar surface area (TPSA) is 214 Å². The van der Waals surface area contributed by atoms with Crippen LogP contribution in [-0.4, -0.2) is 57.1 Å². The minimum Gasteiger partial charge on any atom is -0.469 e. The third-order valence-electron chi connectivity index (χ3n) is 7.43. The van der Waals surface area contributed by atoms with Crippen molar-refractivity contribution in [1.82, 2.24) is 10.3 Å². The van der Waals surface area contributed by atoms with Crippen LogP contribution in [0.25, 0.3) is 0 Å². The van der Waals surface area contributed by atoms with E-state index in [1.54, 1.807) is 51.3 Å². The maximum atomic E-state index is 12.3. The average molecular weight is 853 g/mol. The smallest absolute Gasteiger partial charge is 0.469 e. The molecule has 0 fully saturated rings. The van der Waals surface area contributed by atoms with Gasteiger partial charge in [-0.2, -0.15) is 43.2 Å². The third-order valence-corrected chi connectivity index (χ3v) is 9.39. The van der Waals surface area contributed by atoms with Crippen molar-refractivity contribution in [3.8, 4) is 11.5 Å². The number of aromatic nitrogens is 1. The van der Waals surface area contributed by atoms with Crippen LogP contribution in [0, 0.1) is 0 Å². The first-order valence-corrected chi connectivity index (χ1v) is 19.2. The number of halogens is 6. The summed E-state index contributed by atoms with van der Waals surface area (Å²) in [6.07, 6.45) is 5.00. The molecule has 2 heterocycles. The Balaban J connectivity index is 0.000000352. The molecule has 0 spiro atoms. The Morgan fingerprint density at radius 2 is 1.16 bits per heavy atom. The van der Waals surface area contributed by atoms with Crippen molar-refractivity contribution in [2.75, 3.05) is 11.9 Å². The van der Waals surface area contributed by atoms with Gasteiger partial charge in [0.05, 0.1) is 18.1 Å². The summed E-state index contributed by atoms with van der Waals surface area (Å²) in [5.74, 6) is -2.38. The van der Waals surface area contributed by atoms with Crippen LogP contribution in [-0.2, 0) is 34.6 Å². The lowest BCUT2D eigenvalue weighted by Gasteiger charge is -2.15. The molecule has 0 aliphatic rings. The molecule has 3 atom stereocenters. The molecule has 22 heteroatoms. The first-order valence-electron chi connectivity index (χ1n) is 16.4. The lowest BCUT2D eigenvalue weighted by Crippen LogP contribution is -2.31. The van der Waals surface area contributed by atoms with Gasteiger partial charge in [-0.1, -0.05) is 38.1 Å². The highest BCUT2D eigenvalue weighted by Gasteiger charge is 2.49. The van der Waals surface area contributed by atoms with Crippen molar-refractivity contribution in [2.45, 2.75) is 62.9 Å². The molecule has 0 bridgehead atoms. The molecular formula is C35H38F6N4O10S2. The highest BCUT2D eigenvalue weighted by molar-refractivity contribution is 7.88. The van der Waals surface area contributed by atoms with E-state index in [4.69, 9.17) is 4.42 Å². The molecule has 0 radical (unpaired) electrons. The number of carbonyl (C=O) groups excluding carboxylic acids is 3. The molecule has 57 heavy (non-hydrogen) atoms. The van der Waals surface area contributed by atoms with Gasteiger partial charge in [-0.05, 0) is 73.5 Å². The Morgan fingerprint density at radius 3 is 1.53 bits per heavy atom. The molecule has 4 rings (SSSR count). The summed E-state index contributed by atoms with van der Waals surface area (Å²) >= 11 is 0. The van der Waals surface area contributed by atoms with E-state index < -0.39 is 54.6 Å². The first kappa shape index (κ1) is 47.5. The first-order chi connectivity index (χ1) is 26.4. The van der Waals surface area contributed by atoms with Crippen LogP contribution in [0.2, 0.25) is 0 Å². The van der Waals surface area contributed by atoms with Crippen LogP contribution in [0.5, 0.6) is 11.5 Å². The maximum absolute atomic E-state index is 12.3. The largest absolute Gasteiger partial charge is 0.534 e. The van der Waals surface area contributed by atoms with Crippen molar-refractivity contribution >= 4 is 43.6 Å². The quantitative estimate of drug-likeness (QED) is 0.0754. The van der Waals surface area contributed by atoms with Gasteiger partial charge in [0.15, 0.2) is 0 Å². The van der Waals surface area contributed by atoms with E-state index in [0.717, 1.165) is 30.0 Å². The lowest BCUT2D eigenvalue weighted by molar-refractivity contribution is -0.122. The minimum atomic E-state index is -5.73. The lowest BCUT2D eigenvalue weighted by atomic mass is 10.00. The molecule has 2 aromatic heterocycles. The molecule has 3 amide bonds. The van der Waals surface area contributed by atoms with Gasteiger partial charge in [0.25, 0.3) is 0 Å². The Hall–Kier alpha value is -5.64. The fourth-order valence-corrected chi connectivity index (χ4v) is 4.96. The second-order valence-electron chi connectivity index (χ2n) is 11.8. The second kappa shape index (κ2) is 20.5. The number of anilines is 1. The molecule has 4 N–H and O–H groups in total. The summed E-state index contributed by atoms with van der Waals surface area (Å²) < 4.78 is 131. The van der Waals surface area contributed by atoms with Crippen molar-refractivity contribution in [2.24, 2.45) is 5.73 Å². The van der Waals surface area contributed by atoms with E-state index in [0.29, 0.717) is 29.8 Å². The van der Waals surface area contributed by atoms with E-state index in [1.807, 2.05) is 6.92 Å². The van der Waals surface area contributed by atoms with Gasteiger partial charge in [0, 0.05) is 37.0 Å². The van der Waals surface area contributed by atoms with E-state index in [-0.39, 0.29) is 23.6 Å². The summed E-state index contributed by atoms with van der Waals surface area (Å²) in [6, 6.07) is 16.3. The number of rotatable bonds is 13. The van der Waals surface area contributed by atoms with Crippen LogP contribution in [0.1, 0.15) is 68.8 Å². The molecular weight excluding hydrogens is 815 g/mol. The number of furan rings is 1. The van der Waals surface area contributed by atoms with Crippen molar-refractivity contribution in [3.05, 3.63) is 108 Å². The maximum Gasteiger partial charge on any atom is 0.534 e. The normalized spacial score (nSPS) is 13.2. The van der Waals surface area contributed by atoms with Gasteiger partial charge in [-0.3, -0.25) is 19.4 Å². The Morgan fingerprint density at radius 1 is 0.737 bits per heavy atom. The van der Waals surface area contributed by atoms with Crippen LogP contribution >= 0.6 is 0 Å². The molecule has 0 saturated carbocycles. The predicted octanol–water partition coefficient (Wildman–Crippen LogP) is 6.47. The number of amides is 3.